The second kappa shape index (κ2) is 6.79. The monoisotopic (exact) mass is 383 g/mol. The van der Waals surface area contributed by atoms with E-state index in [1.165, 1.54) is 30.2 Å². The molecule has 0 spiro atoms. The number of nitrogens with one attached hydrogen (secondary N) is 1. The molecule has 2 atom stereocenters. The highest BCUT2D eigenvalue weighted by Crippen LogP contribution is 2.46. The van der Waals surface area contributed by atoms with E-state index in [0.717, 1.165) is 9.78 Å². The van der Waals surface area contributed by atoms with Crippen molar-refractivity contribution in [2.75, 3.05) is 19.5 Å². The smallest absolute Gasteiger partial charge is 0.284 e. The van der Waals surface area contributed by atoms with Gasteiger partial charge in [-0.1, -0.05) is 6.07 Å². The maximum absolute atomic E-state index is 12.6. The Labute approximate surface area is 151 Å². The molecule has 2 aliphatic rings. The van der Waals surface area contributed by atoms with E-state index in [0.29, 0.717) is 0 Å². The topological polar surface area (TPSA) is 119 Å². The number of nitrogens with zero attached hydrogens (tertiary/aromatic N) is 1. The fourth-order valence-electron chi connectivity index (χ4n) is 2.88. The molecule has 3 heterocycles. The largest absolute Gasteiger partial charge is 0.543 e. The van der Waals surface area contributed by atoms with E-state index in [1.54, 1.807) is 6.07 Å². The van der Waals surface area contributed by atoms with Crippen molar-refractivity contribution >= 4 is 40.9 Å². The minimum absolute atomic E-state index is 0.0957. The van der Waals surface area contributed by atoms with Gasteiger partial charge in [0.2, 0.25) is 5.91 Å². The first-order chi connectivity index (χ1) is 11.9. The summed E-state index contributed by atoms with van der Waals surface area (Å²) in [5.41, 5.74) is -1.78. The average Bonchev–Trinajstić information content (AvgIpc) is 3.10. The molecule has 1 aromatic heterocycles. The molecule has 2 amide bonds. The molecule has 0 aromatic carbocycles. The number of β-lactam (4-membered cyclic amide) rings is 1. The molecule has 25 heavy (non-hydrogen) atoms. The van der Waals surface area contributed by atoms with E-state index < -0.39 is 35.5 Å². The summed E-state index contributed by atoms with van der Waals surface area (Å²) in [7, 11) is 1.28. The van der Waals surface area contributed by atoms with Gasteiger partial charge in [-0.3, -0.25) is 14.5 Å². The summed E-state index contributed by atoms with van der Waals surface area (Å²) in [6.45, 7) is -0.489. The highest BCUT2D eigenvalue weighted by molar-refractivity contribution is 8.00. The zero-order valence-corrected chi connectivity index (χ0v) is 14.8. The van der Waals surface area contributed by atoms with Crippen molar-refractivity contribution in [1.29, 1.82) is 0 Å². The predicted octanol–water partition coefficient (Wildman–Crippen LogP) is -1.34. The standard InChI is InChI=1S/C15H16N2O6S2/c1-23-15(16-10(19)5-9-3-2-4-24-9)13(22)17-11(12(20)21)8(6-18)7-25-14(15)17/h2-4,14,18H,5-7H2,1H3,(H,16,19)(H,20,21)/p-1/t14?,15-/m0/s1. The number of rotatable bonds is 6. The first-order valence-electron chi connectivity index (χ1n) is 7.32. The van der Waals surface area contributed by atoms with Gasteiger partial charge in [0.1, 0.15) is 5.37 Å². The lowest BCUT2D eigenvalue weighted by atomic mass is 9.98. The van der Waals surface area contributed by atoms with E-state index in [9.17, 15) is 24.6 Å². The zero-order chi connectivity index (χ0) is 18.2. The molecule has 1 unspecified atom stereocenters. The third-order valence-corrected chi connectivity index (χ3v) is 6.31. The number of carboxylic acid groups (broad SMARTS) is 1. The van der Waals surface area contributed by atoms with Crippen molar-refractivity contribution < 1.29 is 29.3 Å². The number of aliphatic carboxylic acids is 1. The Balaban J connectivity index is 1.82. The number of fused-ring (bicyclic) bond motifs is 1. The van der Waals surface area contributed by atoms with Crippen LogP contribution in [0.4, 0.5) is 0 Å². The van der Waals surface area contributed by atoms with Crippen LogP contribution in [0.3, 0.4) is 0 Å². The van der Waals surface area contributed by atoms with Gasteiger partial charge in [-0.25, -0.2) is 0 Å². The Bertz CT molecular complexity index is 747. The van der Waals surface area contributed by atoms with Crippen LogP contribution >= 0.6 is 23.1 Å². The van der Waals surface area contributed by atoms with E-state index in [4.69, 9.17) is 4.74 Å². The fraction of sp³-hybridized carbons (Fsp3) is 0.400. The van der Waals surface area contributed by atoms with Gasteiger partial charge >= 0.3 is 0 Å². The quantitative estimate of drug-likeness (QED) is 0.461. The predicted molar refractivity (Wildman–Crippen MR) is 88.1 cm³/mol. The average molecular weight is 383 g/mol. The number of methoxy groups -OCH3 is 1. The number of amides is 2. The number of thioether (sulfide) groups is 1. The number of carbonyl (C=O) groups is 3. The second-order valence-electron chi connectivity index (χ2n) is 5.48. The fourth-order valence-corrected chi connectivity index (χ4v) is 5.01. The number of hydrogen-bond donors (Lipinski definition) is 2. The highest BCUT2D eigenvalue weighted by atomic mass is 32.2. The van der Waals surface area contributed by atoms with Crippen molar-refractivity contribution in [2.45, 2.75) is 17.5 Å². The third kappa shape index (κ3) is 2.84. The van der Waals surface area contributed by atoms with Crippen LogP contribution in [0.1, 0.15) is 4.88 Å². The van der Waals surface area contributed by atoms with Crippen LogP contribution in [0, 0.1) is 0 Å². The molecule has 0 saturated carbocycles. The lowest BCUT2D eigenvalue weighted by Gasteiger charge is -2.56. The summed E-state index contributed by atoms with van der Waals surface area (Å²) in [6.07, 6.45) is 0.0957. The molecule has 0 aliphatic carbocycles. The van der Waals surface area contributed by atoms with Gasteiger partial charge in [0.15, 0.2) is 0 Å². The number of aliphatic hydroxyl groups is 1. The summed E-state index contributed by atoms with van der Waals surface area (Å²) in [6, 6.07) is 3.62. The van der Waals surface area contributed by atoms with Gasteiger partial charge in [-0.2, -0.15) is 0 Å². The molecule has 1 fully saturated rings. The van der Waals surface area contributed by atoms with Crippen LogP contribution in [0.2, 0.25) is 0 Å². The first-order valence-corrected chi connectivity index (χ1v) is 9.25. The molecule has 1 aromatic rings. The van der Waals surface area contributed by atoms with E-state index in [1.807, 2.05) is 11.4 Å². The summed E-state index contributed by atoms with van der Waals surface area (Å²) >= 11 is 2.63. The van der Waals surface area contributed by atoms with Crippen LogP contribution in [0.5, 0.6) is 0 Å². The number of thiophene rings is 1. The Morgan fingerprint density at radius 1 is 1.56 bits per heavy atom. The molecule has 1 saturated heterocycles. The van der Waals surface area contributed by atoms with E-state index in [2.05, 4.69) is 5.32 Å². The van der Waals surface area contributed by atoms with Crippen molar-refractivity contribution in [2.24, 2.45) is 0 Å². The van der Waals surface area contributed by atoms with Gasteiger partial charge in [0, 0.05) is 17.7 Å². The minimum Gasteiger partial charge on any atom is -0.543 e. The Hall–Kier alpha value is -1.88. The normalized spacial score (nSPS) is 25.4. The van der Waals surface area contributed by atoms with Crippen molar-refractivity contribution in [3.63, 3.8) is 0 Å². The molecule has 134 valence electrons. The van der Waals surface area contributed by atoms with Crippen LogP contribution in [0.15, 0.2) is 28.8 Å². The Kier molecular flexibility index (Phi) is 4.87. The molecule has 2 N–H and O–H groups in total. The van der Waals surface area contributed by atoms with Crippen LogP contribution < -0.4 is 10.4 Å². The molecule has 3 rings (SSSR count). The lowest BCUT2D eigenvalue weighted by Crippen LogP contribution is -2.81. The van der Waals surface area contributed by atoms with Crippen LogP contribution in [0.25, 0.3) is 0 Å². The second-order valence-corrected chi connectivity index (χ2v) is 7.58. The van der Waals surface area contributed by atoms with Gasteiger partial charge in [0.05, 0.1) is 24.7 Å². The van der Waals surface area contributed by atoms with Crippen LogP contribution in [-0.2, 0) is 25.5 Å². The Morgan fingerprint density at radius 3 is 2.88 bits per heavy atom. The van der Waals surface area contributed by atoms with Gasteiger partial charge in [0.25, 0.3) is 11.6 Å². The summed E-state index contributed by atoms with van der Waals surface area (Å²) in [4.78, 5) is 38.1. The van der Waals surface area contributed by atoms with Gasteiger partial charge in [-0.15, -0.1) is 23.1 Å². The van der Waals surface area contributed by atoms with E-state index in [-0.39, 0.29) is 23.4 Å². The number of aliphatic hydroxyl groups excluding tert-OH is 1. The summed E-state index contributed by atoms with van der Waals surface area (Å²) < 4.78 is 5.30. The van der Waals surface area contributed by atoms with E-state index >= 15 is 0 Å². The van der Waals surface area contributed by atoms with Gasteiger partial charge < -0.3 is 25.1 Å². The number of hydrogen-bond acceptors (Lipinski definition) is 8. The summed E-state index contributed by atoms with van der Waals surface area (Å²) in [5.74, 6) is -2.45. The number of ether oxygens (including phenoxy) is 1. The van der Waals surface area contributed by atoms with Crippen molar-refractivity contribution in [1.82, 2.24) is 10.2 Å². The molecule has 2 aliphatic heterocycles. The number of carboxylic acids is 1. The lowest BCUT2D eigenvalue weighted by molar-refractivity contribution is -0.302. The summed E-state index contributed by atoms with van der Waals surface area (Å²) in [5, 5.41) is 24.4. The molecular weight excluding hydrogens is 368 g/mol. The molecule has 0 bridgehead atoms. The van der Waals surface area contributed by atoms with Crippen molar-refractivity contribution in [3.8, 4) is 0 Å². The minimum atomic E-state index is -1.62. The maximum Gasteiger partial charge on any atom is 0.284 e. The molecule has 0 radical (unpaired) electrons. The first kappa shape index (κ1) is 17.9. The zero-order valence-electron chi connectivity index (χ0n) is 13.2. The van der Waals surface area contributed by atoms with Crippen molar-refractivity contribution in [3.05, 3.63) is 33.7 Å². The van der Waals surface area contributed by atoms with Gasteiger partial charge in [-0.05, 0) is 17.0 Å². The highest BCUT2D eigenvalue weighted by Gasteiger charge is 2.65. The Morgan fingerprint density at radius 2 is 2.32 bits per heavy atom. The maximum atomic E-state index is 12.6. The molecular formula is C15H15N2O6S2-. The van der Waals surface area contributed by atoms with Crippen LogP contribution in [-0.4, -0.2) is 58.4 Å². The number of carbonyl (C=O) groups excluding carboxylic acids is 3. The SMILES string of the molecule is CO[C@@]1(NC(=O)Cc2cccs2)C(=O)N2C(C(=O)[O-])=C(CO)CSC21. The third-order valence-electron chi connectivity index (χ3n) is 4.06. The molecule has 8 nitrogen and oxygen atoms in total. The molecule has 10 heteroatoms.